The van der Waals surface area contributed by atoms with Crippen LogP contribution in [0.3, 0.4) is 0 Å². The first-order valence-electron chi connectivity index (χ1n) is 10.3. The van der Waals surface area contributed by atoms with Crippen molar-refractivity contribution in [2.45, 2.75) is 37.6 Å². The van der Waals surface area contributed by atoms with Crippen molar-refractivity contribution in [1.82, 2.24) is 10.2 Å². The number of ether oxygens (including phenoxy) is 2. The fourth-order valence-electron chi connectivity index (χ4n) is 4.13. The van der Waals surface area contributed by atoms with Gasteiger partial charge in [0.05, 0.1) is 13.2 Å². The molecule has 0 aromatic heterocycles. The Labute approximate surface area is 177 Å². The van der Waals surface area contributed by atoms with Crippen LogP contribution in [-0.4, -0.2) is 61.8 Å². The molecule has 1 aliphatic carbocycles. The molecule has 158 valence electrons. The first-order chi connectivity index (χ1) is 14.1. The number of amides is 1. The van der Waals surface area contributed by atoms with Crippen LogP contribution in [0.1, 0.15) is 37.7 Å². The summed E-state index contributed by atoms with van der Waals surface area (Å²) in [6.07, 6.45) is 8.67. The van der Waals surface area contributed by atoms with E-state index >= 15 is 0 Å². The summed E-state index contributed by atoms with van der Waals surface area (Å²) in [4.78, 5) is 26.6. The Morgan fingerprint density at radius 3 is 2.69 bits per heavy atom. The lowest BCUT2D eigenvalue weighted by Crippen LogP contribution is -2.59. The van der Waals surface area contributed by atoms with E-state index in [0.29, 0.717) is 11.6 Å². The van der Waals surface area contributed by atoms with Gasteiger partial charge in [0, 0.05) is 36.3 Å². The van der Waals surface area contributed by atoms with E-state index in [2.05, 4.69) is 10.2 Å². The molecule has 6 nitrogen and oxygen atoms in total. The van der Waals surface area contributed by atoms with E-state index in [1.165, 1.54) is 25.3 Å². The number of nitrogens with zero attached hydrogens (tertiary/aromatic N) is 1. The lowest BCUT2D eigenvalue weighted by atomic mass is 9.79. The number of carbonyl (C=O) groups excluding carboxylic acids is 2. The molecule has 2 fully saturated rings. The molecule has 0 radical (unpaired) electrons. The van der Waals surface area contributed by atoms with Crippen molar-refractivity contribution in [1.29, 1.82) is 0 Å². The molecule has 1 N–H and O–H groups in total. The molecule has 1 aromatic carbocycles. The van der Waals surface area contributed by atoms with Crippen molar-refractivity contribution >= 4 is 29.6 Å². The molecule has 0 atom stereocenters. The number of hydrogen-bond acceptors (Lipinski definition) is 5. The second-order valence-corrected chi connectivity index (χ2v) is 8.09. The van der Waals surface area contributed by atoms with Gasteiger partial charge in [-0.3, -0.25) is 9.69 Å². The smallest absolute Gasteiger partial charge is 0.331 e. The van der Waals surface area contributed by atoms with Crippen molar-refractivity contribution in [3.63, 3.8) is 0 Å². The van der Waals surface area contributed by atoms with Crippen LogP contribution in [0.2, 0.25) is 5.02 Å². The highest BCUT2D eigenvalue weighted by Gasteiger charge is 2.38. The molecule has 1 heterocycles. The number of esters is 1. The minimum Gasteiger partial charge on any atom is -0.452 e. The summed E-state index contributed by atoms with van der Waals surface area (Å²) in [5, 5.41) is 3.58. The summed E-state index contributed by atoms with van der Waals surface area (Å²) in [6, 6.07) is 7.14. The third-order valence-corrected chi connectivity index (χ3v) is 5.92. The van der Waals surface area contributed by atoms with E-state index in [4.69, 9.17) is 21.1 Å². The molecule has 3 rings (SSSR count). The molecule has 2 aliphatic rings. The van der Waals surface area contributed by atoms with Crippen LogP contribution in [-0.2, 0) is 19.1 Å². The standard InChI is InChI=1S/C22H29ClN2O4/c23-19-6-4-5-18(15-19)7-8-21(27)29-16-20(26)24-17-22(9-2-1-3-10-22)25-11-13-28-14-12-25/h4-8,15H,1-3,9-14,16-17H2,(H,24,26)/b8-7+. The molecule has 1 saturated heterocycles. The molecule has 0 unspecified atom stereocenters. The Morgan fingerprint density at radius 1 is 1.21 bits per heavy atom. The zero-order valence-electron chi connectivity index (χ0n) is 16.7. The number of nitrogens with one attached hydrogen (secondary N) is 1. The highest BCUT2D eigenvalue weighted by molar-refractivity contribution is 6.30. The lowest BCUT2D eigenvalue weighted by molar-refractivity contribution is -0.144. The topological polar surface area (TPSA) is 67.9 Å². The Balaban J connectivity index is 1.46. The third kappa shape index (κ3) is 6.56. The average Bonchev–Trinajstić information content (AvgIpc) is 2.76. The quantitative estimate of drug-likeness (QED) is 0.542. The number of carbonyl (C=O) groups is 2. The second kappa shape index (κ2) is 10.8. The summed E-state index contributed by atoms with van der Waals surface area (Å²) in [5.41, 5.74) is 0.789. The van der Waals surface area contributed by atoms with Gasteiger partial charge in [0.2, 0.25) is 0 Å². The van der Waals surface area contributed by atoms with Crippen LogP contribution < -0.4 is 5.32 Å². The molecule has 1 aromatic rings. The highest BCUT2D eigenvalue weighted by atomic mass is 35.5. The van der Waals surface area contributed by atoms with Crippen LogP contribution in [0.4, 0.5) is 0 Å². The van der Waals surface area contributed by atoms with Crippen molar-refractivity contribution in [2.75, 3.05) is 39.5 Å². The van der Waals surface area contributed by atoms with Crippen molar-refractivity contribution < 1.29 is 19.1 Å². The third-order valence-electron chi connectivity index (χ3n) is 5.69. The molecule has 0 spiro atoms. The first kappa shape index (κ1) is 21.8. The number of benzene rings is 1. The van der Waals surface area contributed by atoms with E-state index in [1.54, 1.807) is 24.3 Å². The van der Waals surface area contributed by atoms with Crippen LogP contribution in [0.5, 0.6) is 0 Å². The number of hydrogen-bond donors (Lipinski definition) is 1. The lowest BCUT2D eigenvalue weighted by Gasteiger charge is -2.48. The van der Waals surface area contributed by atoms with Gasteiger partial charge >= 0.3 is 5.97 Å². The van der Waals surface area contributed by atoms with Crippen molar-refractivity contribution in [2.24, 2.45) is 0 Å². The van der Waals surface area contributed by atoms with Crippen LogP contribution in [0.15, 0.2) is 30.3 Å². The molecule has 1 saturated carbocycles. The fourth-order valence-corrected chi connectivity index (χ4v) is 4.32. The summed E-state index contributed by atoms with van der Waals surface area (Å²) >= 11 is 5.92. The van der Waals surface area contributed by atoms with Gasteiger partial charge in [0.1, 0.15) is 0 Å². The zero-order chi connectivity index (χ0) is 20.5. The van der Waals surface area contributed by atoms with Crippen molar-refractivity contribution in [3.05, 3.63) is 40.9 Å². The normalized spacial score (nSPS) is 19.8. The minimum atomic E-state index is -0.555. The van der Waals surface area contributed by atoms with Crippen LogP contribution in [0, 0.1) is 0 Å². The predicted octanol–water partition coefficient (Wildman–Crippen LogP) is 3.05. The van der Waals surface area contributed by atoms with Crippen LogP contribution >= 0.6 is 11.6 Å². The van der Waals surface area contributed by atoms with Gasteiger partial charge in [-0.15, -0.1) is 0 Å². The van der Waals surface area contributed by atoms with Gasteiger partial charge in [-0.05, 0) is 36.6 Å². The van der Waals surface area contributed by atoms with E-state index in [1.807, 2.05) is 6.07 Å². The Bertz CT molecular complexity index is 725. The van der Waals surface area contributed by atoms with Crippen LogP contribution in [0.25, 0.3) is 6.08 Å². The molecule has 1 aliphatic heterocycles. The number of halogens is 1. The maximum absolute atomic E-state index is 12.3. The SMILES string of the molecule is O=C(COC(=O)/C=C/c1cccc(Cl)c1)NCC1(N2CCOCC2)CCCCC1. The van der Waals surface area contributed by atoms with Gasteiger partial charge < -0.3 is 14.8 Å². The Hall–Kier alpha value is -1.89. The maximum Gasteiger partial charge on any atom is 0.331 e. The number of morpholine rings is 1. The zero-order valence-corrected chi connectivity index (χ0v) is 17.5. The first-order valence-corrected chi connectivity index (χ1v) is 10.7. The molecule has 29 heavy (non-hydrogen) atoms. The number of rotatable bonds is 7. The molecule has 1 amide bonds. The monoisotopic (exact) mass is 420 g/mol. The Morgan fingerprint density at radius 2 is 1.97 bits per heavy atom. The van der Waals surface area contributed by atoms with Gasteiger partial charge in [-0.1, -0.05) is 43.0 Å². The summed E-state index contributed by atoms with van der Waals surface area (Å²) in [6.45, 7) is 3.59. The highest BCUT2D eigenvalue weighted by Crippen LogP contribution is 2.33. The summed E-state index contributed by atoms with van der Waals surface area (Å²) in [7, 11) is 0. The second-order valence-electron chi connectivity index (χ2n) is 7.66. The van der Waals surface area contributed by atoms with Gasteiger partial charge in [0.15, 0.2) is 6.61 Å². The van der Waals surface area contributed by atoms with Crippen molar-refractivity contribution in [3.8, 4) is 0 Å². The van der Waals surface area contributed by atoms with Gasteiger partial charge in [0.25, 0.3) is 5.91 Å². The fraction of sp³-hybridized carbons (Fsp3) is 0.545. The summed E-state index contributed by atoms with van der Waals surface area (Å²) < 4.78 is 10.6. The van der Waals surface area contributed by atoms with E-state index in [9.17, 15) is 9.59 Å². The predicted molar refractivity (Wildman–Crippen MR) is 113 cm³/mol. The maximum atomic E-state index is 12.3. The van der Waals surface area contributed by atoms with E-state index in [-0.39, 0.29) is 18.1 Å². The van der Waals surface area contributed by atoms with E-state index < -0.39 is 5.97 Å². The average molecular weight is 421 g/mol. The summed E-state index contributed by atoms with van der Waals surface area (Å²) in [5.74, 6) is -0.826. The van der Waals surface area contributed by atoms with E-state index in [0.717, 1.165) is 44.7 Å². The molecular formula is C22H29ClN2O4. The van der Waals surface area contributed by atoms with Gasteiger partial charge in [-0.25, -0.2) is 4.79 Å². The molecular weight excluding hydrogens is 392 g/mol. The Kier molecular flexibility index (Phi) is 8.09. The molecule has 0 bridgehead atoms. The minimum absolute atomic E-state index is 0.00577. The largest absolute Gasteiger partial charge is 0.452 e. The van der Waals surface area contributed by atoms with Gasteiger partial charge in [-0.2, -0.15) is 0 Å². The molecule has 7 heteroatoms.